The van der Waals surface area contributed by atoms with Gasteiger partial charge in [-0.25, -0.2) is 0 Å². The Morgan fingerprint density at radius 3 is 2.67 bits per heavy atom. The lowest BCUT2D eigenvalue weighted by Gasteiger charge is -2.21. The Bertz CT molecular complexity index is 286. The van der Waals surface area contributed by atoms with Crippen LogP contribution in [0.15, 0.2) is 5.16 Å². The minimum Gasteiger partial charge on any atom is -0.409 e. The van der Waals surface area contributed by atoms with Crippen molar-refractivity contribution >= 4 is 11.7 Å². The second-order valence-corrected chi connectivity index (χ2v) is 4.59. The molecule has 0 aliphatic heterocycles. The molecule has 5 heteroatoms. The summed E-state index contributed by atoms with van der Waals surface area (Å²) in [4.78, 5) is 11.8. The Hall–Kier alpha value is -1.26. The first-order valence-electron chi connectivity index (χ1n) is 5.22. The van der Waals surface area contributed by atoms with Gasteiger partial charge in [-0.2, -0.15) is 0 Å². The summed E-state index contributed by atoms with van der Waals surface area (Å²) in [5, 5.41) is 14.3. The fourth-order valence-electron chi connectivity index (χ4n) is 1.47. The molecule has 0 heterocycles. The first kappa shape index (κ1) is 11.8. The third-order valence-electron chi connectivity index (χ3n) is 3.08. The van der Waals surface area contributed by atoms with Crippen LogP contribution in [0, 0.1) is 11.3 Å². The maximum Gasteiger partial charge on any atom is 0.233 e. The highest BCUT2D eigenvalue weighted by Crippen LogP contribution is 2.34. The van der Waals surface area contributed by atoms with E-state index in [9.17, 15) is 4.79 Å². The van der Waals surface area contributed by atoms with Crippen molar-refractivity contribution in [3.05, 3.63) is 0 Å². The molecule has 1 saturated carbocycles. The van der Waals surface area contributed by atoms with Crippen LogP contribution in [0.4, 0.5) is 0 Å². The molecule has 1 rings (SSSR count). The van der Waals surface area contributed by atoms with Gasteiger partial charge in [0.05, 0.1) is 0 Å². The number of rotatable bonds is 4. The SMILES string of the molecule is CCC1CC1NC(=O)C(C)(C)C(N)=NO. The number of hydrogen-bond acceptors (Lipinski definition) is 3. The summed E-state index contributed by atoms with van der Waals surface area (Å²) in [6.07, 6.45) is 2.11. The Morgan fingerprint density at radius 1 is 1.67 bits per heavy atom. The number of amidine groups is 1. The van der Waals surface area contributed by atoms with Gasteiger partial charge in [0.1, 0.15) is 5.41 Å². The zero-order valence-corrected chi connectivity index (χ0v) is 9.45. The molecule has 0 aromatic carbocycles. The highest BCUT2D eigenvalue weighted by atomic mass is 16.4. The molecule has 1 amide bonds. The molecule has 1 aliphatic carbocycles. The summed E-state index contributed by atoms with van der Waals surface area (Å²) in [6, 6.07) is 0.272. The molecule has 0 aromatic heterocycles. The zero-order chi connectivity index (χ0) is 11.6. The van der Waals surface area contributed by atoms with E-state index in [1.807, 2.05) is 0 Å². The van der Waals surface area contributed by atoms with Crippen LogP contribution in [0.3, 0.4) is 0 Å². The molecule has 15 heavy (non-hydrogen) atoms. The van der Waals surface area contributed by atoms with E-state index in [0.717, 1.165) is 12.8 Å². The summed E-state index contributed by atoms with van der Waals surface area (Å²) in [5.41, 5.74) is 4.51. The van der Waals surface area contributed by atoms with E-state index < -0.39 is 5.41 Å². The van der Waals surface area contributed by atoms with Gasteiger partial charge in [-0.05, 0) is 26.2 Å². The van der Waals surface area contributed by atoms with E-state index in [1.165, 1.54) is 0 Å². The fourth-order valence-corrected chi connectivity index (χ4v) is 1.47. The van der Waals surface area contributed by atoms with E-state index >= 15 is 0 Å². The predicted octanol–water partition coefficient (Wildman–Crippen LogP) is 0.674. The van der Waals surface area contributed by atoms with Crippen molar-refractivity contribution in [2.45, 2.75) is 39.7 Å². The lowest BCUT2D eigenvalue weighted by atomic mass is 9.91. The lowest BCUT2D eigenvalue weighted by Crippen LogP contribution is -2.46. The molecule has 5 nitrogen and oxygen atoms in total. The number of amides is 1. The molecule has 0 bridgehead atoms. The van der Waals surface area contributed by atoms with Gasteiger partial charge in [-0.3, -0.25) is 4.79 Å². The van der Waals surface area contributed by atoms with Crippen molar-refractivity contribution in [2.75, 3.05) is 0 Å². The molecular formula is C10H19N3O2. The average Bonchev–Trinajstić information content (AvgIpc) is 2.94. The Balaban J connectivity index is 2.54. The van der Waals surface area contributed by atoms with E-state index in [-0.39, 0.29) is 17.8 Å². The monoisotopic (exact) mass is 213 g/mol. The second kappa shape index (κ2) is 4.08. The van der Waals surface area contributed by atoms with Crippen molar-refractivity contribution < 1.29 is 10.0 Å². The van der Waals surface area contributed by atoms with Crippen LogP contribution in [0.2, 0.25) is 0 Å². The first-order valence-corrected chi connectivity index (χ1v) is 5.22. The van der Waals surface area contributed by atoms with Crippen molar-refractivity contribution in [3.8, 4) is 0 Å². The molecule has 86 valence electrons. The Labute approximate surface area is 89.7 Å². The standard InChI is InChI=1S/C10H19N3O2/c1-4-6-5-7(6)12-9(14)10(2,3)8(11)13-15/h6-7,15H,4-5H2,1-3H3,(H2,11,13)(H,12,14). The van der Waals surface area contributed by atoms with E-state index in [4.69, 9.17) is 10.9 Å². The van der Waals surface area contributed by atoms with Gasteiger partial charge in [-0.1, -0.05) is 18.5 Å². The summed E-state index contributed by atoms with van der Waals surface area (Å²) in [5.74, 6) is 0.351. The number of oxime groups is 1. The topological polar surface area (TPSA) is 87.7 Å². The number of nitrogens with one attached hydrogen (secondary N) is 1. The summed E-state index contributed by atoms with van der Waals surface area (Å²) in [6.45, 7) is 5.38. The quantitative estimate of drug-likeness (QED) is 0.277. The molecule has 0 saturated heterocycles. The number of hydrogen-bond donors (Lipinski definition) is 3. The number of nitrogens with zero attached hydrogens (tertiary/aromatic N) is 1. The van der Waals surface area contributed by atoms with Crippen LogP contribution in [0.5, 0.6) is 0 Å². The van der Waals surface area contributed by atoms with Crippen molar-refractivity contribution in [3.63, 3.8) is 0 Å². The molecule has 2 atom stereocenters. The normalized spacial score (nSPS) is 26.2. The van der Waals surface area contributed by atoms with Crippen LogP contribution >= 0.6 is 0 Å². The van der Waals surface area contributed by atoms with Crippen LogP contribution in [0.25, 0.3) is 0 Å². The summed E-state index contributed by atoms with van der Waals surface area (Å²) >= 11 is 0. The van der Waals surface area contributed by atoms with Gasteiger partial charge in [0.2, 0.25) is 5.91 Å². The molecule has 0 spiro atoms. The smallest absolute Gasteiger partial charge is 0.233 e. The number of nitrogens with two attached hydrogens (primary N) is 1. The van der Waals surface area contributed by atoms with Gasteiger partial charge in [0.15, 0.2) is 5.84 Å². The van der Waals surface area contributed by atoms with Gasteiger partial charge in [0.25, 0.3) is 0 Å². The lowest BCUT2D eigenvalue weighted by molar-refractivity contribution is -0.126. The third kappa shape index (κ3) is 2.40. The minimum atomic E-state index is -0.949. The van der Waals surface area contributed by atoms with E-state index in [0.29, 0.717) is 5.92 Å². The number of carbonyl (C=O) groups is 1. The number of carbonyl (C=O) groups excluding carboxylic acids is 1. The highest BCUT2D eigenvalue weighted by molar-refractivity contribution is 6.06. The average molecular weight is 213 g/mol. The van der Waals surface area contributed by atoms with Gasteiger partial charge < -0.3 is 16.3 Å². The maximum absolute atomic E-state index is 11.8. The van der Waals surface area contributed by atoms with Crippen molar-refractivity contribution in [1.29, 1.82) is 0 Å². The molecule has 1 fully saturated rings. The Kier molecular flexibility index (Phi) is 3.21. The zero-order valence-electron chi connectivity index (χ0n) is 9.45. The minimum absolute atomic E-state index is 0.0614. The largest absolute Gasteiger partial charge is 0.409 e. The second-order valence-electron chi connectivity index (χ2n) is 4.59. The van der Waals surface area contributed by atoms with Crippen molar-refractivity contribution in [1.82, 2.24) is 5.32 Å². The van der Waals surface area contributed by atoms with Gasteiger partial charge in [-0.15, -0.1) is 0 Å². The molecule has 0 aromatic rings. The molecular weight excluding hydrogens is 194 g/mol. The van der Waals surface area contributed by atoms with Gasteiger partial charge in [0, 0.05) is 6.04 Å². The van der Waals surface area contributed by atoms with Crippen LogP contribution in [-0.2, 0) is 4.79 Å². The summed E-state index contributed by atoms with van der Waals surface area (Å²) in [7, 11) is 0. The van der Waals surface area contributed by atoms with Crippen molar-refractivity contribution in [2.24, 2.45) is 22.2 Å². The fraction of sp³-hybridized carbons (Fsp3) is 0.800. The maximum atomic E-state index is 11.8. The summed E-state index contributed by atoms with van der Waals surface area (Å²) < 4.78 is 0. The highest BCUT2D eigenvalue weighted by Gasteiger charge is 2.41. The first-order chi connectivity index (χ1) is 6.93. The Morgan fingerprint density at radius 2 is 2.27 bits per heavy atom. The van der Waals surface area contributed by atoms with Gasteiger partial charge >= 0.3 is 0 Å². The van der Waals surface area contributed by atoms with Crippen LogP contribution < -0.4 is 11.1 Å². The molecule has 1 aliphatic rings. The van der Waals surface area contributed by atoms with E-state index in [2.05, 4.69) is 17.4 Å². The molecule has 4 N–H and O–H groups in total. The predicted molar refractivity (Wildman–Crippen MR) is 57.5 cm³/mol. The van der Waals surface area contributed by atoms with Crippen LogP contribution in [-0.4, -0.2) is 23.0 Å². The molecule has 0 radical (unpaired) electrons. The van der Waals surface area contributed by atoms with E-state index in [1.54, 1.807) is 13.8 Å². The molecule has 2 unspecified atom stereocenters. The third-order valence-corrected chi connectivity index (χ3v) is 3.08. The van der Waals surface area contributed by atoms with Crippen LogP contribution in [0.1, 0.15) is 33.6 Å².